The summed E-state index contributed by atoms with van der Waals surface area (Å²) in [5.41, 5.74) is 3.71. The van der Waals surface area contributed by atoms with E-state index in [-0.39, 0.29) is 17.8 Å². The third-order valence-electron chi connectivity index (χ3n) is 3.93. The molecule has 0 radical (unpaired) electrons. The monoisotopic (exact) mass is 342 g/mol. The summed E-state index contributed by atoms with van der Waals surface area (Å²) in [7, 11) is 0. The van der Waals surface area contributed by atoms with Crippen molar-refractivity contribution in [2.75, 3.05) is 6.61 Å². The van der Waals surface area contributed by atoms with E-state index >= 15 is 0 Å². The van der Waals surface area contributed by atoms with Crippen LogP contribution >= 0.6 is 12.4 Å². The number of para-hydroxylation sites is 1. The molecular weight excluding hydrogens is 320 g/mol. The number of halogens is 1. The van der Waals surface area contributed by atoms with E-state index in [4.69, 9.17) is 4.74 Å². The largest absolute Gasteiger partial charge is 0.477 e. The van der Waals surface area contributed by atoms with Gasteiger partial charge in [0.05, 0.1) is 17.5 Å². The van der Waals surface area contributed by atoms with Gasteiger partial charge < -0.3 is 4.74 Å². The molecule has 0 spiro atoms. The molecule has 0 aliphatic heterocycles. The first-order valence-electron chi connectivity index (χ1n) is 7.96. The first-order chi connectivity index (χ1) is 11.0. The maximum atomic E-state index is 5.90. The highest BCUT2D eigenvalue weighted by Crippen LogP contribution is 2.23. The summed E-state index contributed by atoms with van der Waals surface area (Å²) in [6.07, 6.45) is 2.42. The van der Waals surface area contributed by atoms with Gasteiger partial charge in [-0.3, -0.25) is 0 Å². The molecule has 1 aromatic heterocycles. The lowest BCUT2D eigenvalue weighted by atomic mass is 9.86. The number of benzene rings is 2. The van der Waals surface area contributed by atoms with Crippen molar-refractivity contribution in [3.8, 4) is 5.88 Å². The molecule has 126 valence electrons. The summed E-state index contributed by atoms with van der Waals surface area (Å²) in [5, 5.41) is 0.957. The normalized spacial score (nSPS) is 11.1. The number of rotatable bonds is 4. The van der Waals surface area contributed by atoms with Gasteiger partial charge in [0.2, 0.25) is 5.88 Å². The molecule has 0 atom stereocenters. The van der Waals surface area contributed by atoms with Crippen molar-refractivity contribution in [2.45, 2.75) is 32.6 Å². The minimum Gasteiger partial charge on any atom is -0.477 e. The second-order valence-corrected chi connectivity index (χ2v) is 6.74. The Labute approximate surface area is 149 Å². The lowest BCUT2D eigenvalue weighted by molar-refractivity contribution is 0.313. The molecule has 0 fully saturated rings. The predicted octanol–water partition coefficient (Wildman–Crippen LogP) is 4.97. The van der Waals surface area contributed by atoms with E-state index in [2.05, 4.69) is 55.0 Å². The van der Waals surface area contributed by atoms with Gasteiger partial charge in [0, 0.05) is 6.42 Å². The summed E-state index contributed by atoms with van der Waals surface area (Å²) in [6, 6.07) is 16.6. The van der Waals surface area contributed by atoms with E-state index in [0.29, 0.717) is 12.5 Å². The fraction of sp³-hybridized carbons (Fsp3) is 0.300. The van der Waals surface area contributed by atoms with Gasteiger partial charge in [0.1, 0.15) is 6.33 Å². The van der Waals surface area contributed by atoms with Crippen molar-refractivity contribution >= 4 is 23.3 Å². The molecular formula is C20H23ClN2O. The molecule has 0 bridgehead atoms. The lowest BCUT2D eigenvalue weighted by Crippen LogP contribution is -2.11. The van der Waals surface area contributed by atoms with Gasteiger partial charge >= 0.3 is 0 Å². The first-order valence-corrected chi connectivity index (χ1v) is 7.96. The molecule has 0 N–H and O–H groups in total. The standard InChI is InChI=1S/C20H22N2O.ClH/c1-20(2,3)16-8-6-7-15(13-16)11-12-23-19-17-9-4-5-10-18(17)21-14-22-19;/h4-10,13-14H,11-12H2,1-3H3;1H. The number of ether oxygens (including phenoxy) is 1. The van der Waals surface area contributed by atoms with Crippen molar-refractivity contribution in [2.24, 2.45) is 0 Å². The van der Waals surface area contributed by atoms with Gasteiger partial charge in [-0.25, -0.2) is 9.97 Å². The average Bonchev–Trinajstić information content (AvgIpc) is 2.55. The van der Waals surface area contributed by atoms with Crippen LogP contribution < -0.4 is 4.74 Å². The Balaban J connectivity index is 0.00000208. The van der Waals surface area contributed by atoms with Gasteiger partial charge in [0.25, 0.3) is 0 Å². The highest BCUT2D eigenvalue weighted by molar-refractivity contribution is 5.85. The number of nitrogens with zero attached hydrogens (tertiary/aromatic N) is 2. The van der Waals surface area contributed by atoms with Crippen LogP contribution in [0.2, 0.25) is 0 Å². The smallest absolute Gasteiger partial charge is 0.224 e. The van der Waals surface area contributed by atoms with Crippen molar-refractivity contribution in [1.82, 2.24) is 9.97 Å². The Morgan fingerprint density at radius 1 is 0.958 bits per heavy atom. The maximum absolute atomic E-state index is 5.90. The third kappa shape index (κ3) is 4.24. The van der Waals surface area contributed by atoms with Crippen LogP contribution in [0.4, 0.5) is 0 Å². The Morgan fingerprint density at radius 3 is 2.54 bits per heavy atom. The van der Waals surface area contributed by atoms with E-state index in [1.54, 1.807) is 6.33 Å². The van der Waals surface area contributed by atoms with E-state index in [0.717, 1.165) is 17.3 Å². The summed E-state index contributed by atoms with van der Waals surface area (Å²) in [5.74, 6) is 0.655. The topological polar surface area (TPSA) is 35.0 Å². The molecule has 3 rings (SSSR count). The van der Waals surface area contributed by atoms with E-state index in [1.165, 1.54) is 11.1 Å². The third-order valence-corrected chi connectivity index (χ3v) is 3.93. The summed E-state index contributed by atoms with van der Waals surface area (Å²) < 4.78 is 5.90. The fourth-order valence-corrected chi connectivity index (χ4v) is 2.55. The minimum atomic E-state index is 0. The molecule has 3 nitrogen and oxygen atoms in total. The zero-order valence-electron chi connectivity index (χ0n) is 14.3. The highest BCUT2D eigenvalue weighted by Gasteiger charge is 2.13. The van der Waals surface area contributed by atoms with Crippen LogP contribution in [0.3, 0.4) is 0 Å². The van der Waals surface area contributed by atoms with Crippen LogP contribution in [0.25, 0.3) is 10.9 Å². The molecule has 0 aliphatic carbocycles. The Bertz CT molecular complexity index is 807. The Hall–Kier alpha value is -2.13. The number of fused-ring (bicyclic) bond motifs is 1. The van der Waals surface area contributed by atoms with Crippen LogP contribution in [0.1, 0.15) is 31.9 Å². The molecule has 3 aromatic rings. The Morgan fingerprint density at radius 2 is 1.75 bits per heavy atom. The van der Waals surface area contributed by atoms with Crippen LogP contribution in [-0.2, 0) is 11.8 Å². The summed E-state index contributed by atoms with van der Waals surface area (Å²) in [6.45, 7) is 7.30. The zero-order chi connectivity index (χ0) is 16.3. The van der Waals surface area contributed by atoms with E-state index in [1.807, 2.05) is 24.3 Å². The Kier molecular flexibility index (Phi) is 5.79. The quantitative estimate of drug-likeness (QED) is 0.671. The van der Waals surface area contributed by atoms with E-state index < -0.39 is 0 Å². The van der Waals surface area contributed by atoms with Gasteiger partial charge in [-0.2, -0.15) is 0 Å². The number of aromatic nitrogens is 2. The van der Waals surface area contributed by atoms with Crippen molar-refractivity contribution < 1.29 is 4.74 Å². The number of hydrogen-bond donors (Lipinski definition) is 0. The van der Waals surface area contributed by atoms with Gasteiger partial charge in [-0.15, -0.1) is 12.4 Å². The van der Waals surface area contributed by atoms with Crippen molar-refractivity contribution in [1.29, 1.82) is 0 Å². The SMILES string of the molecule is CC(C)(C)c1cccc(CCOc2ncnc3ccccc23)c1.Cl. The lowest BCUT2D eigenvalue weighted by Gasteiger charge is -2.19. The summed E-state index contributed by atoms with van der Waals surface area (Å²) >= 11 is 0. The van der Waals surface area contributed by atoms with Crippen molar-refractivity contribution in [3.63, 3.8) is 0 Å². The molecule has 1 heterocycles. The molecule has 0 unspecified atom stereocenters. The summed E-state index contributed by atoms with van der Waals surface area (Å²) in [4.78, 5) is 8.52. The average molecular weight is 343 g/mol. The maximum Gasteiger partial charge on any atom is 0.224 e. The molecule has 4 heteroatoms. The molecule has 0 amide bonds. The van der Waals surface area contributed by atoms with Crippen LogP contribution in [0.15, 0.2) is 54.9 Å². The molecule has 2 aromatic carbocycles. The molecule has 0 aliphatic rings. The second kappa shape index (κ2) is 7.63. The number of hydrogen-bond acceptors (Lipinski definition) is 3. The predicted molar refractivity (Wildman–Crippen MR) is 101 cm³/mol. The van der Waals surface area contributed by atoms with Crippen LogP contribution in [0.5, 0.6) is 5.88 Å². The first kappa shape index (κ1) is 18.2. The van der Waals surface area contributed by atoms with Crippen LogP contribution in [0, 0.1) is 0 Å². The zero-order valence-corrected chi connectivity index (χ0v) is 15.1. The van der Waals surface area contributed by atoms with Crippen LogP contribution in [-0.4, -0.2) is 16.6 Å². The molecule has 0 saturated carbocycles. The van der Waals surface area contributed by atoms with Gasteiger partial charge in [-0.1, -0.05) is 57.2 Å². The second-order valence-electron chi connectivity index (χ2n) is 6.74. The van der Waals surface area contributed by atoms with Gasteiger partial charge in [0.15, 0.2) is 0 Å². The van der Waals surface area contributed by atoms with Crippen molar-refractivity contribution in [3.05, 3.63) is 66.0 Å². The fourth-order valence-electron chi connectivity index (χ4n) is 2.55. The molecule has 24 heavy (non-hydrogen) atoms. The molecule has 0 saturated heterocycles. The van der Waals surface area contributed by atoms with E-state index in [9.17, 15) is 0 Å². The highest BCUT2D eigenvalue weighted by atomic mass is 35.5. The van der Waals surface area contributed by atoms with Gasteiger partial charge in [-0.05, 0) is 28.7 Å². The minimum absolute atomic E-state index is 0.